The summed E-state index contributed by atoms with van der Waals surface area (Å²) in [6, 6.07) is 17.8. The van der Waals surface area contributed by atoms with E-state index < -0.39 is 5.97 Å². The Hall–Kier alpha value is -2.37. The van der Waals surface area contributed by atoms with Crippen LogP contribution in [0.2, 0.25) is 0 Å². The Morgan fingerprint density at radius 2 is 1.56 bits per heavy atom. The number of hydrogen-bond acceptors (Lipinski definition) is 4. The van der Waals surface area contributed by atoms with Gasteiger partial charge in [-0.3, -0.25) is 4.79 Å². The van der Waals surface area contributed by atoms with Crippen LogP contribution in [0.3, 0.4) is 0 Å². The van der Waals surface area contributed by atoms with Crippen LogP contribution in [-0.2, 0) is 4.79 Å². The van der Waals surface area contributed by atoms with Crippen molar-refractivity contribution in [3.05, 3.63) is 81.9 Å². The molecule has 3 aromatic rings. The van der Waals surface area contributed by atoms with Crippen molar-refractivity contribution in [1.29, 1.82) is 0 Å². The number of thiazole rings is 1. The molecule has 170 valence electrons. The van der Waals surface area contributed by atoms with E-state index in [9.17, 15) is 9.90 Å². The van der Waals surface area contributed by atoms with Gasteiger partial charge >= 0.3 is 5.97 Å². The lowest BCUT2D eigenvalue weighted by molar-refractivity contribution is -0.136. The number of carboxylic acid groups (broad SMARTS) is 1. The molecule has 1 N–H and O–H groups in total. The average molecular weight is 471 g/mol. The van der Waals surface area contributed by atoms with Crippen LogP contribution in [0.5, 0.6) is 0 Å². The Kier molecular flexibility index (Phi) is 8.32. The second-order valence-corrected chi connectivity index (χ2v) is 9.42. The molecule has 0 radical (unpaired) electrons. The van der Waals surface area contributed by atoms with Gasteiger partial charge in [-0.25, -0.2) is 4.98 Å². The molecule has 0 atom stereocenters. The molecule has 1 aliphatic rings. The monoisotopic (exact) mass is 470 g/mol. The SMILES string of the molecule is Cc1ccc(C(c2ccc(C)cc2)c2csc(N(CCC(=O)O)C3CCCC3)n2)cc1.Cl. The van der Waals surface area contributed by atoms with Gasteiger partial charge in [-0.05, 0) is 37.8 Å². The maximum atomic E-state index is 11.2. The molecular weight excluding hydrogens is 440 g/mol. The fourth-order valence-corrected chi connectivity index (χ4v) is 5.41. The fraction of sp³-hybridized carbons (Fsp3) is 0.385. The highest BCUT2D eigenvalue weighted by atomic mass is 35.5. The van der Waals surface area contributed by atoms with Crippen molar-refractivity contribution in [1.82, 2.24) is 4.98 Å². The van der Waals surface area contributed by atoms with Crippen molar-refractivity contribution in [2.45, 2.75) is 57.9 Å². The van der Waals surface area contributed by atoms with E-state index in [1.807, 2.05) is 0 Å². The average Bonchev–Trinajstić information content (AvgIpc) is 3.44. The predicted octanol–water partition coefficient (Wildman–Crippen LogP) is 6.59. The number of aryl methyl sites for hydroxylation is 2. The van der Waals surface area contributed by atoms with E-state index in [2.05, 4.69) is 72.7 Å². The van der Waals surface area contributed by atoms with Crippen LogP contribution in [0.4, 0.5) is 5.13 Å². The lowest BCUT2D eigenvalue weighted by Crippen LogP contribution is -2.35. The third-order valence-corrected chi connectivity index (χ3v) is 7.10. The van der Waals surface area contributed by atoms with Crippen molar-refractivity contribution in [3.8, 4) is 0 Å². The summed E-state index contributed by atoms with van der Waals surface area (Å²) >= 11 is 1.64. The Bertz CT molecular complexity index is 966. The van der Waals surface area contributed by atoms with Gasteiger partial charge in [0, 0.05) is 18.0 Å². The van der Waals surface area contributed by atoms with Gasteiger partial charge in [0.2, 0.25) is 0 Å². The quantitative estimate of drug-likeness (QED) is 0.403. The predicted molar refractivity (Wildman–Crippen MR) is 135 cm³/mol. The first-order valence-corrected chi connectivity index (χ1v) is 12.0. The summed E-state index contributed by atoms with van der Waals surface area (Å²) in [6.45, 7) is 4.73. The third-order valence-electron chi connectivity index (χ3n) is 6.20. The van der Waals surface area contributed by atoms with E-state index in [-0.39, 0.29) is 24.7 Å². The highest BCUT2D eigenvalue weighted by molar-refractivity contribution is 7.13. The number of carboxylic acids is 1. The van der Waals surface area contributed by atoms with Gasteiger partial charge in [0.1, 0.15) is 0 Å². The molecular formula is C26H31ClN2O2S. The van der Waals surface area contributed by atoms with E-state index in [1.54, 1.807) is 11.3 Å². The molecule has 0 unspecified atom stereocenters. The van der Waals surface area contributed by atoms with Crippen molar-refractivity contribution >= 4 is 34.8 Å². The molecule has 0 amide bonds. The zero-order chi connectivity index (χ0) is 21.8. The lowest BCUT2D eigenvalue weighted by atomic mass is 9.88. The minimum Gasteiger partial charge on any atom is -0.481 e. The number of halogens is 1. The molecule has 1 fully saturated rings. The number of nitrogens with zero attached hydrogens (tertiary/aromatic N) is 2. The van der Waals surface area contributed by atoms with Crippen LogP contribution >= 0.6 is 23.7 Å². The molecule has 32 heavy (non-hydrogen) atoms. The van der Waals surface area contributed by atoms with E-state index in [0.717, 1.165) is 23.7 Å². The number of aliphatic carboxylic acids is 1. The number of hydrogen-bond donors (Lipinski definition) is 1. The normalized spacial score (nSPS) is 13.8. The molecule has 0 spiro atoms. The van der Waals surface area contributed by atoms with E-state index in [1.165, 1.54) is 35.1 Å². The summed E-state index contributed by atoms with van der Waals surface area (Å²) < 4.78 is 0. The molecule has 0 aliphatic heterocycles. The minimum atomic E-state index is -0.753. The number of carbonyl (C=O) groups is 1. The zero-order valence-corrected chi connectivity index (χ0v) is 20.3. The summed E-state index contributed by atoms with van der Waals surface area (Å²) in [6.07, 6.45) is 4.80. The van der Waals surface area contributed by atoms with Gasteiger partial charge in [0.25, 0.3) is 0 Å². The summed E-state index contributed by atoms with van der Waals surface area (Å²) in [5, 5.41) is 12.4. The molecule has 6 heteroatoms. The van der Waals surface area contributed by atoms with Gasteiger partial charge in [-0.2, -0.15) is 0 Å². The minimum absolute atomic E-state index is 0. The molecule has 4 nitrogen and oxygen atoms in total. The second-order valence-electron chi connectivity index (χ2n) is 8.58. The maximum absolute atomic E-state index is 11.2. The topological polar surface area (TPSA) is 53.4 Å². The second kappa shape index (κ2) is 11.0. The maximum Gasteiger partial charge on any atom is 0.305 e. The molecule has 0 saturated heterocycles. The molecule has 4 rings (SSSR count). The summed E-state index contributed by atoms with van der Waals surface area (Å²) in [5.74, 6) is -0.687. The van der Waals surface area contributed by atoms with Crippen LogP contribution in [0, 0.1) is 13.8 Å². The van der Waals surface area contributed by atoms with Gasteiger partial charge < -0.3 is 10.0 Å². The van der Waals surface area contributed by atoms with Crippen LogP contribution in [0.1, 0.15) is 66.0 Å². The van der Waals surface area contributed by atoms with Crippen LogP contribution in [0.25, 0.3) is 0 Å². The molecule has 1 aliphatic carbocycles. The highest BCUT2D eigenvalue weighted by Crippen LogP contribution is 2.37. The van der Waals surface area contributed by atoms with Gasteiger partial charge in [-0.1, -0.05) is 72.5 Å². The van der Waals surface area contributed by atoms with Crippen molar-refractivity contribution in [2.75, 3.05) is 11.4 Å². The Morgan fingerprint density at radius 3 is 2.06 bits per heavy atom. The fourth-order valence-electron chi connectivity index (χ4n) is 4.46. The Morgan fingerprint density at radius 1 is 1.03 bits per heavy atom. The largest absolute Gasteiger partial charge is 0.481 e. The number of anilines is 1. The zero-order valence-electron chi connectivity index (χ0n) is 18.7. The first-order chi connectivity index (χ1) is 15.0. The van der Waals surface area contributed by atoms with Crippen LogP contribution in [0.15, 0.2) is 53.9 Å². The molecule has 0 bridgehead atoms. The van der Waals surface area contributed by atoms with Gasteiger partial charge in [-0.15, -0.1) is 23.7 Å². The highest BCUT2D eigenvalue weighted by Gasteiger charge is 2.27. The van der Waals surface area contributed by atoms with Crippen molar-refractivity contribution in [2.24, 2.45) is 0 Å². The number of aromatic nitrogens is 1. The third kappa shape index (κ3) is 5.70. The number of benzene rings is 2. The lowest BCUT2D eigenvalue weighted by Gasteiger charge is -2.28. The Labute approximate surface area is 200 Å². The summed E-state index contributed by atoms with van der Waals surface area (Å²) in [7, 11) is 0. The standard InChI is InChI=1S/C26H30N2O2S.ClH/c1-18-7-11-20(12-8-18)25(21-13-9-19(2)10-14-21)23-17-31-26(27-23)28(16-15-24(29)30)22-5-3-4-6-22;/h7-14,17,22,25H,3-6,15-16H2,1-2H3,(H,29,30);1H. The van der Waals surface area contributed by atoms with Crippen LogP contribution in [-0.4, -0.2) is 28.6 Å². The van der Waals surface area contributed by atoms with E-state index in [4.69, 9.17) is 4.98 Å². The van der Waals surface area contributed by atoms with Gasteiger partial charge in [0.05, 0.1) is 18.0 Å². The smallest absolute Gasteiger partial charge is 0.305 e. The first kappa shape index (κ1) is 24.3. The molecule has 1 heterocycles. The molecule has 1 saturated carbocycles. The van der Waals surface area contributed by atoms with E-state index >= 15 is 0 Å². The Balaban J connectivity index is 0.00000289. The van der Waals surface area contributed by atoms with Crippen molar-refractivity contribution < 1.29 is 9.90 Å². The number of rotatable bonds is 8. The molecule has 1 aromatic heterocycles. The van der Waals surface area contributed by atoms with E-state index in [0.29, 0.717) is 12.6 Å². The van der Waals surface area contributed by atoms with Crippen LogP contribution < -0.4 is 4.90 Å². The first-order valence-electron chi connectivity index (χ1n) is 11.1. The molecule has 2 aromatic carbocycles. The summed E-state index contributed by atoms with van der Waals surface area (Å²) in [5.41, 5.74) is 5.97. The van der Waals surface area contributed by atoms with Gasteiger partial charge in [0.15, 0.2) is 5.13 Å². The summed E-state index contributed by atoms with van der Waals surface area (Å²) in [4.78, 5) is 18.6. The van der Waals surface area contributed by atoms with Crippen molar-refractivity contribution in [3.63, 3.8) is 0 Å².